The Kier molecular flexibility index (Phi) is 5.85. The Morgan fingerprint density at radius 1 is 0.255 bits per heavy atom. The third-order valence-electron chi connectivity index (χ3n) is 9.79. The number of fused-ring (bicyclic) bond motifs is 7. The molecule has 0 nitrogen and oxygen atoms in total. The summed E-state index contributed by atoms with van der Waals surface area (Å²) in [5.41, 5.74) is 7.55. The van der Waals surface area contributed by atoms with Crippen LogP contribution < -0.4 is 0 Å². The number of hydrogen-bond acceptors (Lipinski definition) is 1. The lowest BCUT2D eigenvalue weighted by Gasteiger charge is -2.18. The molecule has 0 spiro atoms. The zero-order chi connectivity index (χ0) is 30.9. The van der Waals surface area contributed by atoms with Crippen LogP contribution in [0.15, 0.2) is 170 Å². The van der Waals surface area contributed by atoms with E-state index in [1.807, 2.05) is 11.3 Å². The van der Waals surface area contributed by atoms with Crippen LogP contribution >= 0.6 is 11.3 Å². The van der Waals surface area contributed by atoms with Crippen molar-refractivity contribution in [2.45, 2.75) is 0 Å². The highest BCUT2D eigenvalue weighted by atomic mass is 32.1. The molecule has 0 saturated heterocycles. The smallest absolute Gasteiger partial charge is 0.0361 e. The average molecular weight is 613 g/mol. The van der Waals surface area contributed by atoms with Gasteiger partial charge in [0.15, 0.2) is 0 Å². The summed E-state index contributed by atoms with van der Waals surface area (Å²) in [7, 11) is 0. The van der Waals surface area contributed by atoms with Crippen LogP contribution in [0.1, 0.15) is 0 Å². The quantitative estimate of drug-likeness (QED) is 0.174. The molecule has 1 heteroatoms. The van der Waals surface area contributed by atoms with E-state index in [0.717, 1.165) is 0 Å². The minimum absolute atomic E-state index is 1.23. The molecule has 0 aliphatic heterocycles. The molecule has 0 saturated carbocycles. The Morgan fingerprint density at radius 3 is 1.43 bits per heavy atom. The lowest BCUT2D eigenvalue weighted by atomic mass is 9.85. The molecule has 0 fully saturated rings. The van der Waals surface area contributed by atoms with Crippen LogP contribution in [0.25, 0.3) is 96.6 Å². The second kappa shape index (κ2) is 10.4. The normalized spacial score (nSPS) is 11.8. The summed E-state index contributed by atoms with van der Waals surface area (Å²) in [5, 5.41) is 12.9. The minimum atomic E-state index is 1.23. The molecule has 10 rings (SSSR count). The molecule has 0 aliphatic rings. The molecular formula is C46H28S. The molecule has 1 aromatic heterocycles. The van der Waals surface area contributed by atoms with Crippen molar-refractivity contribution in [3.05, 3.63) is 170 Å². The molecular weight excluding hydrogens is 585 g/mol. The maximum Gasteiger partial charge on any atom is 0.0361 e. The molecule has 0 N–H and O–H groups in total. The zero-order valence-corrected chi connectivity index (χ0v) is 26.4. The van der Waals surface area contributed by atoms with Gasteiger partial charge in [0.2, 0.25) is 0 Å². The van der Waals surface area contributed by atoms with Crippen molar-refractivity contribution in [3.8, 4) is 33.4 Å². The molecule has 10 aromatic rings. The van der Waals surface area contributed by atoms with Crippen LogP contribution in [0.2, 0.25) is 0 Å². The van der Waals surface area contributed by atoms with Crippen molar-refractivity contribution in [1.29, 1.82) is 0 Å². The predicted molar refractivity (Wildman–Crippen MR) is 206 cm³/mol. The van der Waals surface area contributed by atoms with Gasteiger partial charge in [-0.1, -0.05) is 133 Å². The van der Waals surface area contributed by atoms with Crippen molar-refractivity contribution in [1.82, 2.24) is 0 Å². The third kappa shape index (κ3) is 4.21. The topological polar surface area (TPSA) is 0 Å². The largest absolute Gasteiger partial charge is 0.135 e. The first-order chi connectivity index (χ1) is 23.3. The first-order valence-electron chi connectivity index (χ1n) is 16.2. The Morgan fingerprint density at radius 2 is 0.745 bits per heavy atom. The maximum absolute atomic E-state index is 2.43. The van der Waals surface area contributed by atoms with Crippen molar-refractivity contribution in [2.75, 3.05) is 0 Å². The van der Waals surface area contributed by atoms with Crippen molar-refractivity contribution >= 4 is 74.6 Å². The predicted octanol–water partition coefficient (Wildman–Crippen LogP) is 13.7. The van der Waals surface area contributed by atoms with Crippen molar-refractivity contribution in [3.63, 3.8) is 0 Å². The van der Waals surface area contributed by atoms with Gasteiger partial charge in [-0.15, -0.1) is 11.3 Å². The molecule has 1 heterocycles. The summed E-state index contributed by atoms with van der Waals surface area (Å²) in [4.78, 5) is 0. The Balaban J connectivity index is 1.21. The van der Waals surface area contributed by atoms with Gasteiger partial charge >= 0.3 is 0 Å². The molecule has 9 aromatic carbocycles. The standard InChI is InChI=1S/C46H28S/c1-2-11-30-24-34(21-20-29(30)10-1)31-14-9-15-35(25-31)45-37-16-5-7-18-39(37)46(40-19-8-6-17-38(40)45)36-22-23-43-41(27-36)42-26-32-12-3-4-13-33(32)28-44(42)47-43/h1-28H. The van der Waals surface area contributed by atoms with Gasteiger partial charge in [-0.05, 0) is 113 Å². The second-order valence-corrected chi connectivity index (χ2v) is 13.6. The number of rotatable bonds is 3. The van der Waals surface area contributed by atoms with E-state index in [0.29, 0.717) is 0 Å². The van der Waals surface area contributed by atoms with Gasteiger partial charge in [-0.2, -0.15) is 0 Å². The molecule has 0 aliphatic carbocycles. The van der Waals surface area contributed by atoms with E-state index in [1.165, 1.54) is 96.6 Å². The van der Waals surface area contributed by atoms with E-state index in [9.17, 15) is 0 Å². The number of thiophene rings is 1. The van der Waals surface area contributed by atoms with E-state index in [-0.39, 0.29) is 0 Å². The molecule has 0 amide bonds. The summed E-state index contributed by atoms with van der Waals surface area (Å²) in [6.45, 7) is 0. The first kappa shape index (κ1) is 26.5. The fourth-order valence-corrected chi connectivity index (χ4v) is 8.71. The third-order valence-corrected chi connectivity index (χ3v) is 10.9. The molecule has 218 valence electrons. The Bertz CT molecular complexity index is 2800. The van der Waals surface area contributed by atoms with Crippen LogP contribution in [-0.2, 0) is 0 Å². The molecule has 47 heavy (non-hydrogen) atoms. The summed E-state index contributed by atoms with van der Waals surface area (Å²) < 4.78 is 2.67. The summed E-state index contributed by atoms with van der Waals surface area (Å²) in [6.07, 6.45) is 0. The fraction of sp³-hybridized carbons (Fsp3) is 0. The minimum Gasteiger partial charge on any atom is -0.135 e. The molecule has 0 bridgehead atoms. The van der Waals surface area contributed by atoms with Crippen LogP contribution in [0, 0.1) is 0 Å². The van der Waals surface area contributed by atoms with Crippen LogP contribution in [0.4, 0.5) is 0 Å². The van der Waals surface area contributed by atoms with Crippen LogP contribution in [-0.4, -0.2) is 0 Å². The highest BCUT2D eigenvalue weighted by Gasteiger charge is 2.18. The summed E-state index contributed by atoms with van der Waals surface area (Å²) in [5.74, 6) is 0. The van der Waals surface area contributed by atoms with Crippen LogP contribution in [0.5, 0.6) is 0 Å². The van der Waals surface area contributed by atoms with E-state index in [4.69, 9.17) is 0 Å². The van der Waals surface area contributed by atoms with Gasteiger partial charge in [-0.3, -0.25) is 0 Å². The van der Waals surface area contributed by atoms with Gasteiger partial charge in [0.1, 0.15) is 0 Å². The second-order valence-electron chi connectivity index (χ2n) is 12.5. The van der Waals surface area contributed by atoms with Crippen LogP contribution in [0.3, 0.4) is 0 Å². The van der Waals surface area contributed by atoms with Gasteiger partial charge in [0, 0.05) is 20.2 Å². The highest BCUT2D eigenvalue weighted by Crippen LogP contribution is 2.46. The van der Waals surface area contributed by atoms with Gasteiger partial charge in [0.25, 0.3) is 0 Å². The maximum atomic E-state index is 2.43. The van der Waals surface area contributed by atoms with Crippen molar-refractivity contribution < 1.29 is 0 Å². The first-order valence-corrected chi connectivity index (χ1v) is 17.0. The summed E-state index contributed by atoms with van der Waals surface area (Å²) >= 11 is 1.89. The van der Waals surface area contributed by atoms with Crippen molar-refractivity contribution in [2.24, 2.45) is 0 Å². The fourth-order valence-electron chi connectivity index (χ4n) is 7.59. The highest BCUT2D eigenvalue weighted by molar-refractivity contribution is 7.25. The zero-order valence-electron chi connectivity index (χ0n) is 25.6. The molecule has 0 unspecified atom stereocenters. The van der Waals surface area contributed by atoms with E-state index in [2.05, 4.69) is 170 Å². The van der Waals surface area contributed by atoms with Gasteiger partial charge in [-0.25, -0.2) is 0 Å². The summed E-state index contributed by atoms with van der Waals surface area (Å²) in [6, 6.07) is 62.8. The van der Waals surface area contributed by atoms with E-state index >= 15 is 0 Å². The SMILES string of the molecule is c1cc(-c2ccc3ccccc3c2)cc(-c2c3ccccc3c(-c3ccc4sc5cc6ccccc6cc5c4c3)c3ccccc23)c1. The van der Waals surface area contributed by atoms with E-state index < -0.39 is 0 Å². The Hall–Kier alpha value is -5.76. The monoisotopic (exact) mass is 612 g/mol. The lowest BCUT2D eigenvalue weighted by Crippen LogP contribution is -1.91. The number of hydrogen-bond donors (Lipinski definition) is 0. The van der Waals surface area contributed by atoms with Gasteiger partial charge < -0.3 is 0 Å². The molecule has 0 atom stereocenters. The van der Waals surface area contributed by atoms with Gasteiger partial charge in [0.05, 0.1) is 0 Å². The average Bonchev–Trinajstić information content (AvgIpc) is 3.49. The Labute approximate surface area is 276 Å². The molecule has 0 radical (unpaired) electrons. The lowest BCUT2D eigenvalue weighted by molar-refractivity contribution is 1.63. The van der Waals surface area contributed by atoms with E-state index in [1.54, 1.807) is 0 Å². The number of benzene rings is 9.